The third-order valence-corrected chi connectivity index (χ3v) is 6.39. The van der Waals surface area contributed by atoms with Gasteiger partial charge in [0.05, 0.1) is 12.0 Å². The standard InChI is InChI=1S/C20H31N7O2/c1-16-23-18(24-29-16)14-21-19(28)20-6-3-9-26(17(20)15-25(2)13-7-20)10-5-12-27-11-4-8-22-27/h4,8,11,17H,3,5-7,9-10,12-15H2,1-2H3,(H,21,28)/t17-,20+/m0/s1. The zero-order valence-corrected chi connectivity index (χ0v) is 17.4. The molecule has 0 unspecified atom stereocenters. The van der Waals surface area contributed by atoms with Crippen molar-refractivity contribution in [3.8, 4) is 0 Å². The van der Waals surface area contributed by atoms with E-state index in [1.54, 1.807) is 6.92 Å². The van der Waals surface area contributed by atoms with Crippen LogP contribution in [0.15, 0.2) is 23.0 Å². The Kier molecular flexibility index (Phi) is 5.96. The van der Waals surface area contributed by atoms with Crippen LogP contribution in [0.1, 0.15) is 37.4 Å². The van der Waals surface area contributed by atoms with E-state index in [1.165, 1.54) is 0 Å². The van der Waals surface area contributed by atoms with Crippen LogP contribution in [-0.2, 0) is 17.9 Å². The first-order chi connectivity index (χ1) is 14.1. The van der Waals surface area contributed by atoms with Crippen LogP contribution >= 0.6 is 0 Å². The van der Waals surface area contributed by atoms with Crippen molar-refractivity contribution in [2.75, 3.05) is 33.2 Å². The normalized spacial score (nSPS) is 25.7. The number of hydrogen-bond acceptors (Lipinski definition) is 7. The molecular formula is C20H31N7O2. The van der Waals surface area contributed by atoms with Crippen molar-refractivity contribution < 1.29 is 9.32 Å². The minimum atomic E-state index is -0.338. The molecule has 0 aliphatic carbocycles. The van der Waals surface area contributed by atoms with Crippen molar-refractivity contribution >= 4 is 5.91 Å². The van der Waals surface area contributed by atoms with Crippen molar-refractivity contribution in [1.82, 2.24) is 35.0 Å². The van der Waals surface area contributed by atoms with Crippen molar-refractivity contribution in [2.24, 2.45) is 5.41 Å². The predicted molar refractivity (Wildman–Crippen MR) is 107 cm³/mol. The monoisotopic (exact) mass is 401 g/mol. The summed E-state index contributed by atoms with van der Waals surface area (Å²) < 4.78 is 6.99. The molecule has 0 saturated carbocycles. The molecule has 2 atom stereocenters. The largest absolute Gasteiger partial charge is 0.348 e. The van der Waals surface area contributed by atoms with E-state index in [0.29, 0.717) is 18.3 Å². The molecule has 9 nitrogen and oxygen atoms in total. The van der Waals surface area contributed by atoms with Gasteiger partial charge in [0.15, 0.2) is 5.82 Å². The minimum Gasteiger partial charge on any atom is -0.348 e. The van der Waals surface area contributed by atoms with Gasteiger partial charge in [0.2, 0.25) is 11.8 Å². The van der Waals surface area contributed by atoms with Crippen LogP contribution in [-0.4, -0.2) is 74.9 Å². The summed E-state index contributed by atoms with van der Waals surface area (Å²) >= 11 is 0. The molecule has 0 aromatic carbocycles. The fraction of sp³-hybridized carbons (Fsp3) is 0.700. The maximum absolute atomic E-state index is 13.4. The molecule has 0 bridgehead atoms. The van der Waals surface area contributed by atoms with E-state index < -0.39 is 0 Å². The second-order valence-corrected chi connectivity index (χ2v) is 8.36. The summed E-state index contributed by atoms with van der Waals surface area (Å²) in [6.07, 6.45) is 7.73. The highest BCUT2D eigenvalue weighted by atomic mass is 16.5. The van der Waals surface area contributed by atoms with Crippen LogP contribution in [0, 0.1) is 12.3 Å². The number of carbonyl (C=O) groups excluding carboxylic acids is 1. The molecule has 2 aliphatic rings. The van der Waals surface area contributed by atoms with E-state index in [0.717, 1.165) is 58.4 Å². The van der Waals surface area contributed by atoms with Crippen molar-refractivity contribution in [3.63, 3.8) is 0 Å². The van der Waals surface area contributed by atoms with Gasteiger partial charge in [0, 0.05) is 45.0 Å². The Morgan fingerprint density at radius 3 is 3.00 bits per heavy atom. The van der Waals surface area contributed by atoms with Crippen LogP contribution in [0.25, 0.3) is 0 Å². The van der Waals surface area contributed by atoms with Gasteiger partial charge in [-0.1, -0.05) is 5.16 Å². The third-order valence-electron chi connectivity index (χ3n) is 6.39. The summed E-state index contributed by atoms with van der Waals surface area (Å²) in [4.78, 5) is 22.5. The fourth-order valence-corrected chi connectivity index (χ4v) is 4.89. The Labute approximate surface area is 171 Å². The summed E-state index contributed by atoms with van der Waals surface area (Å²) in [7, 11) is 2.15. The summed E-state index contributed by atoms with van der Waals surface area (Å²) in [5.74, 6) is 1.18. The molecule has 4 rings (SSSR count). The molecule has 1 N–H and O–H groups in total. The van der Waals surface area contributed by atoms with E-state index in [-0.39, 0.29) is 17.4 Å². The number of likely N-dealkylation sites (tertiary alicyclic amines) is 2. The van der Waals surface area contributed by atoms with E-state index in [9.17, 15) is 4.79 Å². The smallest absolute Gasteiger partial charge is 0.228 e. The highest BCUT2D eigenvalue weighted by Gasteiger charge is 2.51. The first-order valence-corrected chi connectivity index (χ1v) is 10.5. The number of hydrogen-bond donors (Lipinski definition) is 1. The zero-order valence-electron chi connectivity index (χ0n) is 17.4. The van der Waals surface area contributed by atoms with Gasteiger partial charge in [-0.05, 0) is 51.9 Å². The molecule has 9 heteroatoms. The number of nitrogens with zero attached hydrogens (tertiary/aromatic N) is 6. The number of likely N-dealkylation sites (N-methyl/N-ethyl adjacent to an activating group) is 1. The van der Waals surface area contributed by atoms with Gasteiger partial charge in [-0.2, -0.15) is 10.1 Å². The number of aromatic nitrogens is 4. The van der Waals surface area contributed by atoms with Gasteiger partial charge in [-0.3, -0.25) is 14.4 Å². The third kappa shape index (κ3) is 4.35. The minimum absolute atomic E-state index is 0.134. The maximum Gasteiger partial charge on any atom is 0.228 e. The van der Waals surface area contributed by atoms with E-state index in [2.05, 4.69) is 37.4 Å². The number of amides is 1. The van der Waals surface area contributed by atoms with Crippen molar-refractivity contribution in [1.29, 1.82) is 0 Å². The molecule has 2 saturated heterocycles. The average molecular weight is 402 g/mol. The second kappa shape index (κ2) is 8.62. The van der Waals surface area contributed by atoms with Gasteiger partial charge < -0.3 is 14.7 Å². The highest BCUT2D eigenvalue weighted by Crippen LogP contribution is 2.42. The molecule has 0 spiro atoms. The predicted octanol–water partition coefficient (Wildman–Crippen LogP) is 1.07. The van der Waals surface area contributed by atoms with Gasteiger partial charge in [0.25, 0.3) is 0 Å². The lowest BCUT2D eigenvalue weighted by Crippen LogP contribution is -2.65. The lowest BCUT2D eigenvalue weighted by atomic mass is 9.67. The van der Waals surface area contributed by atoms with E-state index >= 15 is 0 Å². The van der Waals surface area contributed by atoms with Gasteiger partial charge >= 0.3 is 0 Å². The molecule has 158 valence electrons. The Hall–Kier alpha value is -2.26. The summed E-state index contributed by atoms with van der Waals surface area (Å²) in [5.41, 5.74) is -0.338. The Morgan fingerprint density at radius 2 is 2.24 bits per heavy atom. The lowest BCUT2D eigenvalue weighted by molar-refractivity contribution is -0.144. The van der Waals surface area contributed by atoms with E-state index in [4.69, 9.17) is 4.52 Å². The van der Waals surface area contributed by atoms with Gasteiger partial charge in [0.1, 0.15) is 0 Å². The quantitative estimate of drug-likeness (QED) is 0.742. The Bertz CT molecular complexity index is 806. The molecule has 0 radical (unpaired) electrons. The van der Waals surface area contributed by atoms with Crippen molar-refractivity contribution in [3.05, 3.63) is 30.2 Å². The molecular weight excluding hydrogens is 370 g/mol. The topological polar surface area (TPSA) is 92.3 Å². The Balaban J connectivity index is 1.43. The summed E-state index contributed by atoms with van der Waals surface area (Å²) in [6, 6.07) is 2.19. The fourth-order valence-electron chi connectivity index (χ4n) is 4.89. The number of aryl methyl sites for hydroxylation is 2. The SMILES string of the molecule is Cc1nc(CNC(=O)[C@@]23CCCN(CCCn4cccn4)[C@H]2CN(C)CC3)no1. The molecule has 2 aromatic heterocycles. The zero-order chi connectivity index (χ0) is 20.3. The first kappa shape index (κ1) is 20.0. The number of carbonyl (C=O) groups is 1. The molecule has 2 fully saturated rings. The van der Waals surface area contributed by atoms with Gasteiger partial charge in [-0.25, -0.2) is 0 Å². The average Bonchev–Trinajstić information content (AvgIpc) is 3.38. The molecule has 4 heterocycles. The van der Waals surface area contributed by atoms with Crippen LogP contribution in [0.3, 0.4) is 0 Å². The molecule has 1 amide bonds. The van der Waals surface area contributed by atoms with Crippen LogP contribution in [0.4, 0.5) is 0 Å². The van der Waals surface area contributed by atoms with Crippen LogP contribution in [0.5, 0.6) is 0 Å². The first-order valence-electron chi connectivity index (χ1n) is 10.5. The van der Waals surface area contributed by atoms with E-state index in [1.807, 2.05) is 23.1 Å². The second-order valence-electron chi connectivity index (χ2n) is 8.36. The highest BCUT2D eigenvalue weighted by molar-refractivity contribution is 5.83. The Morgan fingerprint density at radius 1 is 1.34 bits per heavy atom. The number of piperidine rings is 2. The number of nitrogens with one attached hydrogen (secondary N) is 1. The number of fused-ring (bicyclic) bond motifs is 1. The molecule has 2 aromatic rings. The molecule has 2 aliphatic heterocycles. The van der Waals surface area contributed by atoms with Gasteiger partial charge in [-0.15, -0.1) is 0 Å². The summed E-state index contributed by atoms with van der Waals surface area (Å²) in [5, 5.41) is 11.3. The number of rotatable bonds is 7. The van der Waals surface area contributed by atoms with Crippen molar-refractivity contribution in [2.45, 2.75) is 51.7 Å². The van der Waals surface area contributed by atoms with Crippen LogP contribution < -0.4 is 5.32 Å². The maximum atomic E-state index is 13.4. The molecule has 29 heavy (non-hydrogen) atoms. The lowest BCUT2D eigenvalue weighted by Gasteiger charge is -2.53. The summed E-state index contributed by atoms with van der Waals surface area (Å²) in [6.45, 7) is 6.89. The van der Waals surface area contributed by atoms with Crippen LogP contribution in [0.2, 0.25) is 0 Å².